The fraction of sp³-hybridized carbons (Fsp3) is 0.125. The number of amides is 1. The quantitative estimate of drug-likeness (QED) is 0.587. The Morgan fingerprint density at radius 2 is 2.14 bits per heavy atom. The molecule has 0 unspecified atom stereocenters. The minimum absolute atomic E-state index is 0.363. The van der Waals surface area contributed by atoms with E-state index in [-0.39, 0.29) is 0 Å². The Morgan fingerprint density at radius 1 is 1.32 bits per heavy atom. The van der Waals surface area contributed by atoms with Gasteiger partial charge in [-0.25, -0.2) is 10.5 Å². The van der Waals surface area contributed by atoms with Crippen molar-refractivity contribution in [3.63, 3.8) is 0 Å². The fourth-order valence-corrected chi connectivity index (χ4v) is 2.54. The minimum Gasteiger partial charge on any atom is -0.343 e. The van der Waals surface area contributed by atoms with Gasteiger partial charge in [0.05, 0.1) is 5.69 Å². The molecule has 0 fully saturated rings. The number of nitrogens with one attached hydrogen (secondary N) is 2. The van der Waals surface area contributed by atoms with E-state index >= 15 is 0 Å². The van der Waals surface area contributed by atoms with Crippen LogP contribution in [0.4, 0.5) is 11.4 Å². The maximum Gasteiger partial charge on any atom is 0.274 e. The van der Waals surface area contributed by atoms with Crippen LogP contribution in [0.3, 0.4) is 0 Å². The summed E-state index contributed by atoms with van der Waals surface area (Å²) in [5.41, 5.74) is 5.72. The van der Waals surface area contributed by atoms with E-state index in [4.69, 9.17) is 16.8 Å². The molecule has 0 spiro atoms. The predicted octanol–water partition coefficient (Wildman–Crippen LogP) is 3.47. The van der Waals surface area contributed by atoms with Gasteiger partial charge in [-0.15, -0.1) is 0 Å². The molecule has 1 amide bonds. The molecule has 1 aliphatic rings. The highest BCUT2D eigenvalue weighted by atomic mass is 35.5. The third-order valence-electron chi connectivity index (χ3n) is 3.49. The highest BCUT2D eigenvalue weighted by Crippen LogP contribution is 2.32. The minimum atomic E-state index is -0.553. The molecule has 0 atom stereocenters. The second-order valence-electron chi connectivity index (χ2n) is 5.11. The lowest BCUT2D eigenvalue weighted by atomic mass is 10.1. The molecule has 5 nitrogen and oxygen atoms in total. The monoisotopic (exact) mass is 315 g/mol. The SMILES string of the molecule is Cc1cc2c(cc1Cl)N=C(Nc1cccc(C(=O)NO)c1)C2. The molecule has 0 bridgehead atoms. The van der Waals surface area contributed by atoms with Gasteiger partial charge in [0.1, 0.15) is 5.84 Å². The molecule has 1 heterocycles. The summed E-state index contributed by atoms with van der Waals surface area (Å²) in [4.78, 5) is 15.9. The Labute approximate surface area is 132 Å². The first kappa shape index (κ1) is 14.6. The summed E-state index contributed by atoms with van der Waals surface area (Å²) in [5, 5.41) is 12.6. The number of rotatable bonds is 2. The van der Waals surface area contributed by atoms with Crippen LogP contribution < -0.4 is 10.8 Å². The number of hydroxylamine groups is 1. The van der Waals surface area contributed by atoms with Gasteiger partial charge in [0.2, 0.25) is 0 Å². The number of carbonyl (C=O) groups is 1. The molecule has 0 saturated heterocycles. The van der Waals surface area contributed by atoms with Crippen molar-refractivity contribution in [3.05, 3.63) is 58.1 Å². The zero-order valence-corrected chi connectivity index (χ0v) is 12.6. The van der Waals surface area contributed by atoms with E-state index in [9.17, 15) is 4.79 Å². The number of hydrogen-bond acceptors (Lipinski definition) is 4. The number of halogens is 1. The standard InChI is InChI=1S/C16H14ClN3O2/c1-9-5-11-7-15(19-14(11)8-13(9)17)18-12-4-2-3-10(6-12)16(21)20-22/h2-6,8,22H,7H2,1H3,(H,18,19)(H,20,21). The van der Waals surface area contributed by atoms with E-state index in [1.165, 1.54) is 0 Å². The zero-order chi connectivity index (χ0) is 15.7. The van der Waals surface area contributed by atoms with Crippen LogP contribution in [0.5, 0.6) is 0 Å². The summed E-state index contributed by atoms with van der Waals surface area (Å²) >= 11 is 6.11. The number of amidine groups is 1. The van der Waals surface area contributed by atoms with Crippen LogP contribution in [0.15, 0.2) is 41.4 Å². The van der Waals surface area contributed by atoms with E-state index in [1.807, 2.05) is 25.1 Å². The van der Waals surface area contributed by atoms with Crippen molar-refractivity contribution < 1.29 is 10.0 Å². The lowest BCUT2D eigenvalue weighted by Crippen LogP contribution is -2.19. The highest BCUT2D eigenvalue weighted by molar-refractivity contribution is 6.31. The summed E-state index contributed by atoms with van der Waals surface area (Å²) in [5.74, 6) is 0.237. The molecule has 1 aliphatic heterocycles. The summed E-state index contributed by atoms with van der Waals surface area (Å²) in [6.07, 6.45) is 0.684. The topological polar surface area (TPSA) is 73.7 Å². The van der Waals surface area contributed by atoms with Gasteiger partial charge in [-0.2, -0.15) is 0 Å². The van der Waals surface area contributed by atoms with Gasteiger partial charge in [-0.3, -0.25) is 10.0 Å². The highest BCUT2D eigenvalue weighted by Gasteiger charge is 2.16. The summed E-state index contributed by atoms with van der Waals surface area (Å²) in [6.45, 7) is 1.96. The van der Waals surface area contributed by atoms with Gasteiger partial charge in [0, 0.05) is 22.7 Å². The van der Waals surface area contributed by atoms with Crippen LogP contribution >= 0.6 is 11.6 Å². The Morgan fingerprint density at radius 3 is 2.91 bits per heavy atom. The number of aliphatic imine (C=N–C) groups is 1. The molecule has 0 aromatic heterocycles. The van der Waals surface area contributed by atoms with Gasteiger partial charge in [-0.1, -0.05) is 23.7 Å². The Bertz CT molecular complexity index is 787. The number of fused-ring (bicyclic) bond motifs is 1. The maximum atomic E-state index is 11.4. The van der Waals surface area contributed by atoms with E-state index in [2.05, 4.69) is 10.3 Å². The van der Waals surface area contributed by atoms with Crippen LogP contribution in [0.1, 0.15) is 21.5 Å². The van der Waals surface area contributed by atoms with Crippen LogP contribution in [0.25, 0.3) is 0 Å². The van der Waals surface area contributed by atoms with Crippen LogP contribution in [0.2, 0.25) is 5.02 Å². The first-order valence-corrected chi connectivity index (χ1v) is 7.13. The number of aryl methyl sites for hydroxylation is 1. The number of anilines is 1. The molecular formula is C16H14ClN3O2. The zero-order valence-electron chi connectivity index (χ0n) is 11.9. The second-order valence-corrected chi connectivity index (χ2v) is 5.52. The number of carbonyl (C=O) groups excluding carboxylic acids is 1. The first-order valence-electron chi connectivity index (χ1n) is 6.75. The molecule has 0 radical (unpaired) electrons. The third-order valence-corrected chi connectivity index (χ3v) is 3.90. The number of hydrogen-bond donors (Lipinski definition) is 3. The number of benzene rings is 2. The smallest absolute Gasteiger partial charge is 0.274 e. The van der Waals surface area contributed by atoms with Gasteiger partial charge < -0.3 is 5.32 Å². The first-order chi connectivity index (χ1) is 10.6. The van der Waals surface area contributed by atoms with Crippen LogP contribution in [-0.2, 0) is 6.42 Å². The van der Waals surface area contributed by atoms with Crippen molar-refractivity contribution in [1.82, 2.24) is 5.48 Å². The van der Waals surface area contributed by atoms with Crippen molar-refractivity contribution >= 4 is 34.7 Å². The van der Waals surface area contributed by atoms with Crippen molar-refractivity contribution in [2.24, 2.45) is 4.99 Å². The van der Waals surface area contributed by atoms with Gasteiger partial charge in [0.25, 0.3) is 5.91 Å². The summed E-state index contributed by atoms with van der Waals surface area (Å²) in [7, 11) is 0. The predicted molar refractivity (Wildman–Crippen MR) is 86.3 cm³/mol. The van der Waals surface area contributed by atoms with Gasteiger partial charge >= 0.3 is 0 Å². The molecule has 112 valence electrons. The van der Waals surface area contributed by atoms with Crippen molar-refractivity contribution in [1.29, 1.82) is 0 Å². The molecular weight excluding hydrogens is 302 g/mol. The van der Waals surface area contributed by atoms with Crippen molar-refractivity contribution in [2.45, 2.75) is 13.3 Å². The van der Waals surface area contributed by atoms with Crippen LogP contribution in [-0.4, -0.2) is 17.0 Å². The fourth-order valence-electron chi connectivity index (χ4n) is 2.38. The van der Waals surface area contributed by atoms with E-state index < -0.39 is 5.91 Å². The average molecular weight is 316 g/mol. The summed E-state index contributed by atoms with van der Waals surface area (Å²) < 4.78 is 0. The van der Waals surface area contributed by atoms with E-state index in [0.717, 1.165) is 28.3 Å². The molecule has 0 aliphatic carbocycles. The van der Waals surface area contributed by atoms with Crippen molar-refractivity contribution in [2.75, 3.05) is 5.32 Å². The molecule has 6 heteroatoms. The largest absolute Gasteiger partial charge is 0.343 e. The average Bonchev–Trinajstić information content (AvgIpc) is 2.88. The Hall–Kier alpha value is -2.37. The molecule has 0 saturated carbocycles. The van der Waals surface area contributed by atoms with E-state index in [1.54, 1.807) is 23.7 Å². The lowest BCUT2D eigenvalue weighted by molar-refractivity contribution is 0.0706. The summed E-state index contributed by atoms with van der Waals surface area (Å²) in [6, 6.07) is 10.7. The lowest BCUT2D eigenvalue weighted by Gasteiger charge is -2.07. The molecule has 2 aromatic carbocycles. The van der Waals surface area contributed by atoms with E-state index in [0.29, 0.717) is 17.0 Å². The third kappa shape index (κ3) is 2.81. The maximum absolute atomic E-state index is 11.4. The van der Waals surface area contributed by atoms with Gasteiger partial charge in [0.15, 0.2) is 0 Å². The normalized spacial score (nSPS) is 12.6. The molecule has 22 heavy (non-hydrogen) atoms. The second kappa shape index (κ2) is 5.79. The molecule has 2 aromatic rings. The Kier molecular flexibility index (Phi) is 3.83. The van der Waals surface area contributed by atoms with Crippen molar-refractivity contribution in [3.8, 4) is 0 Å². The van der Waals surface area contributed by atoms with Gasteiger partial charge in [-0.05, 0) is 42.3 Å². The number of nitrogens with zero attached hydrogens (tertiary/aromatic N) is 1. The van der Waals surface area contributed by atoms with Crippen LogP contribution in [0, 0.1) is 6.92 Å². The molecule has 3 rings (SSSR count). The Balaban J connectivity index is 1.81. The molecule has 3 N–H and O–H groups in total.